The van der Waals surface area contributed by atoms with Crippen molar-refractivity contribution in [2.24, 2.45) is 4.74 Å². The molecule has 0 aliphatic heterocycles. The summed E-state index contributed by atoms with van der Waals surface area (Å²) in [4.78, 5) is 16.9. The number of nitrogens with zero attached hydrogens (tertiary/aromatic N) is 2. The van der Waals surface area contributed by atoms with Gasteiger partial charge in [0.2, 0.25) is 0 Å². The number of pyridine rings is 1. The Morgan fingerprint density at radius 3 is 1.63 bits per heavy atom. The van der Waals surface area contributed by atoms with Crippen molar-refractivity contribution >= 4 is 34.8 Å². The Bertz CT molecular complexity index is 1090. The van der Waals surface area contributed by atoms with E-state index < -0.39 is 13.0 Å². The standard InChI is InChI=1S/C25H21N2O2P/c1-29-25(28)23-18-11-19-26-24(23)27-30(20-12-5-2-6-13-20,21-14-7-3-8-15-21)22-16-9-4-10-17-22/h2-19H,1H3. The highest BCUT2D eigenvalue weighted by Crippen LogP contribution is 2.49. The van der Waals surface area contributed by atoms with Gasteiger partial charge < -0.3 is 4.74 Å². The molecule has 0 fully saturated rings. The van der Waals surface area contributed by atoms with Crippen LogP contribution in [0.2, 0.25) is 0 Å². The Balaban J connectivity index is 2.15. The number of esters is 1. The molecule has 0 atom stereocenters. The van der Waals surface area contributed by atoms with E-state index in [9.17, 15) is 4.79 Å². The first-order valence-corrected chi connectivity index (χ1v) is 11.3. The van der Waals surface area contributed by atoms with Gasteiger partial charge in [-0.2, -0.15) is 0 Å². The fourth-order valence-corrected chi connectivity index (χ4v) is 6.93. The zero-order chi connectivity index (χ0) is 20.8. The summed E-state index contributed by atoms with van der Waals surface area (Å²) < 4.78 is 10.3. The van der Waals surface area contributed by atoms with Crippen LogP contribution in [0.1, 0.15) is 10.4 Å². The Hall–Kier alpha value is -3.49. The highest BCUT2D eigenvalue weighted by atomic mass is 31.2. The average Bonchev–Trinajstić information content (AvgIpc) is 2.84. The third-order valence-electron chi connectivity index (χ3n) is 4.83. The first-order valence-electron chi connectivity index (χ1n) is 9.58. The van der Waals surface area contributed by atoms with Crippen LogP contribution in [0.15, 0.2) is 114 Å². The summed E-state index contributed by atoms with van der Waals surface area (Å²) in [5, 5.41) is 3.26. The number of benzene rings is 3. The van der Waals surface area contributed by atoms with Crippen molar-refractivity contribution in [2.75, 3.05) is 7.11 Å². The van der Waals surface area contributed by atoms with E-state index in [1.54, 1.807) is 18.3 Å². The zero-order valence-corrected chi connectivity index (χ0v) is 17.4. The lowest BCUT2D eigenvalue weighted by molar-refractivity contribution is 0.0601. The van der Waals surface area contributed by atoms with Gasteiger partial charge in [-0.1, -0.05) is 91.0 Å². The molecule has 0 unspecified atom stereocenters. The lowest BCUT2D eigenvalue weighted by atomic mass is 10.2. The summed E-state index contributed by atoms with van der Waals surface area (Å²) in [6.45, 7) is 0. The second-order valence-electron chi connectivity index (χ2n) is 6.61. The molecule has 0 spiro atoms. The molecule has 0 saturated heterocycles. The van der Waals surface area contributed by atoms with Gasteiger partial charge >= 0.3 is 5.97 Å². The van der Waals surface area contributed by atoms with Gasteiger partial charge in [0.15, 0.2) is 5.82 Å². The predicted molar refractivity (Wildman–Crippen MR) is 123 cm³/mol. The number of rotatable bonds is 5. The van der Waals surface area contributed by atoms with Crippen LogP contribution in [0.4, 0.5) is 5.82 Å². The molecule has 0 bridgehead atoms. The van der Waals surface area contributed by atoms with Crippen LogP contribution in [-0.2, 0) is 4.74 Å². The molecule has 0 aliphatic rings. The SMILES string of the molecule is COC(=O)c1cccnc1N=P(c1ccccc1)(c1ccccc1)c1ccccc1. The van der Waals surface area contributed by atoms with Gasteiger partial charge in [-0.05, 0) is 12.1 Å². The van der Waals surface area contributed by atoms with Crippen LogP contribution in [-0.4, -0.2) is 18.1 Å². The number of hydrogen-bond donors (Lipinski definition) is 0. The molecule has 1 aromatic heterocycles. The van der Waals surface area contributed by atoms with E-state index in [0.29, 0.717) is 11.4 Å². The Morgan fingerprint density at radius 2 is 1.20 bits per heavy atom. The summed E-state index contributed by atoms with van der Waals surface area (Å²) >= 11 is 0. The molecule has 0 N–H and O–H groups in total. The Labute approximate surface area is 176 Å². The van der Waals surface area contributed by atoms with Gasteiger partial charge in [0.05, 0.1) is 14.2 Å². The van der Waals surface area contributed by atoms with Crippen molar-refractivity contribution in [3.63, 3.8) is 0 Å². The molecule has 3 aromatic carbocycles. The van der Waals surface area contributed by atoms with E-state index in [2.05, 4.69) is 41.4 Å². The molecule has 1 heterocycles. The molecule has 0 saturated carbocycles. The van der Waals surface area contributed by atoms with Gasteiger partial charge in [-0.3, -0.25) is 0 Å². The number of methoxy groups -OCH3 is 1. The quantitative estimate of drug-likeness (QED) is 0.353. The molecule has 0 radical (unpaired) electrons. The van der Waals surface area contributed by atoms with Crippen LogP contribution >= 0.6 is 7.05 Å². The summed E-state index contributed by atoms with van der Waals surface area (Å²) in [6.07, 6.45) is 1.65. The minimum Gasteiger partial charge on any atom is -0.465 e. The highest BCUT2D eigenvalue weighted by molar-refractivity contribution is 7.87. The minimum absolute atomic E-state index is 0.354. The fraction of sp³-hybridized carbons (Fsp3) is 0.0400. The molecule has 5 heteroatoms. The average molecular weight is 412 g/mol. The van der Waals surface area contributed by atoms with E-state index in [1.807, 2.05) is 54.6 Å². The summed E-state index contributed by atoms with van der Waals surface area (Å²) in [5.74, 6) is -0.0663. The molecule has 30 heavy (non-hydrogen) atoms. The molecular weight excluding hydrogens is 391 g/mol. The van der Waals surface area contributed by atoms with Gasteiger partial charge in [-0.25, -0.2) is 14.5 Å². The number of aromatic nitrogens is 1. The minimum atomic E-state index is -2.50. The van der Waals surface area contributed by atoms with Crippen LogP contribution < -0.4 is 15.9 Å². The molecule has 0 amide bonds. The van der Waals surface area contributed by atoms with Crippen LogP contribution in [0.25, 0.3) is 0 Å². The van der Waals surface area contributed by atoms with Crippen LogP contribution in [0, 0.1) is 0 Å². The topological polar surface area (TPSA) is 51.5 Å². The lowest BCUT2D eigenvalue weighted by Crippen LogP contribution is -2.25. The van der Waals surface area contributed by atoms with E-state index in [4.69, 9.17) is 9.48 Å². The maximum atomic E-state index is 12.4. The highest BCUT2D eigenvalue weighted by Gasteiger charge is 2.28. The Morgan fingerprint density at radius 1 is 0.733 bits per heavy atom. The first-order chi connectivity index (χ1) is 14.8. The van der Waals surface area contributed by atoms with E-state index in [-0.39, 0.29) is 0 Å². The van der Waals surface area contributed by atoms with Crippen molar-refractivity contribution in [2.45, 2.75) is 0 Å². The number of ether oxygens (including phenoxy) is 1. The molecule has 148 valence electrons. The second-order valence-corrected chi connectivity index (χ2v) is 9.63. The van der Waals surface area contributed by atoms with Gasteiger partial charge in [0.25, 0.3) is 0 Å². The van der Waals surface area contributed by atoms with Gasteiger partial charge in [-0.15, -0.1) is 0 Å². The fourth-order valence-electron chi connectivity index (χ4n) is 3.44. The molecule has 4 nitrogen and oxygen atoms in total. The Kier molecular flexibility index (Phi) is 5.87. The van der Waals surface area contributed by atoms with Gasteiger partial charge in [0.1, 0.15) is 5.56 Å². The van der Waals surface area contributed by atoms with Crippen molar-refractivity contribution < 1.29 is 9.53 Å². The zero-order valence-electron chi connectivity index (χ0n) is 16.6. The normalized spacial score (nSPS) is 11.0. The summed E-state index contributed by atoms with van der Waals surface area (Å²) in [5.41, 5.74) is 0.354. The molecule has 4 aromatic rings. The van der Waals surface area contributed by atoms with Crippen molar-refractivity contribution in [1.29, 1.82) is 0 Å². The maximum Gasteiger partial charge on any atom is 0.341 e. The molecular formula is C25H21N2O2P. The van der Waals surface area contributed by atoms with E-state index >= 15 is 0 Å². The smallest absolute Gasteiger partial charge is 0.341 e. The van der Waals surface area contributed by atoms with Crippen molar-refractivity contribution in [3.05, 3.63) is 115 Å². The number of hydrogen-bond acceptors (Lipinski definition) is 4. The van der Waals surface area contributed by atoms with Gasteiger partial charge in [0, 0.05) is 22.1 Å². The van der Waals surface area contributed by atoms with Crippen LogP contribution in [0.5, 0.6) is 0 Å². The van der Waals surface area contributed by atoms with E-state index in [0.717, 1.165) is 15.9 Å². The number of carbonyl (C=O) groups excluding carboxylic acids is 1. The molecule has 0 aliphatic carbocycles. The lowest BCUT2D eigenvalue weighted by Gasteiger charge is -2.26. The summed E-state index contributed by atoms with van der Waals surface area (Å²) in [6, 6.07) is 34.1. The van der Waals surface area contributed by atoms with Crippen molar-refractivity contribution in [1.82, 2.24) is 4.98 Å². The first kappa shape index (κ1) is 19.8. The predicted octanol–water partition coefficient (Wildman–Crippen LogP) is 4.68. The van der Waals surface area contributed by atoms with Crippen LogP contribution in [0.3, 0.4) is 0 Å². The molecule has 4 rings (SSSR count). The third-order valence-corrected chi connectivity index (χ3v) is 8.45. The maximum absolute atomic E-state index is 12.4. The number of carbonyl (C=O) groups is 1. The van der Waals surface area contributed by atoms with Crippen molar-refractivity contribution in [3.8, 4) is 0 Å². The van der Waals surface area contributed by atoms with E-state index in [1.165, 1.54) is 7.11 Å². The third kappa shape index (κ3) is 3.70. The summed E-state index contributed by atoms with van der Waals surface area (Å²) in [7, 11) is -1.13. The monoisotopic (exact) mass is 412 g/mol. The second kappa shape index (κ2) is 8.89. The largest absolute Gasteiger partial charge is 0.465 e.